The predicted molar refractivity (Wildman–Crippen MR) is 68.5 cm³/mol. The Hall–Kier alpha value is -2.42. The monoisotopic (exact) mass is 242 g/mol. The molecule has 0 heterocycles. The Labute approximate surface area is 104 Å². The standard InChI is InChI=1S/C15H11FO2/c16-15-12(9-10-14(17)18)7-4-8-13(15)11-5-2-1-3-6-11/h1-10H,(H,17,18). The first-order chi connectivity index (χ1) is 8.68. The summed E-state index contributed by atoms with van der Waals surface area (Å²) in [6, 6.07) is 14.0. The number of aliphatic carboxylic acids is 1. The van der Waals surface area contributed by atoms with Crippen molar-refractivity contribution in [1.82, 2.24) is 0 Å². The van der Waals surface area contributed by atoms with Crippen LogP contribution >= 0.6 is 0 Å². The van der Waals surface area contributed by atoms with Gasteiger partial charge in [0, 0.05) is 17.2 Å². The highest BCUT2D eigenvalue weighted by Crippen LogP contribution is 2.25. The molecule has 2 nitrogen and oxygen atoms in total. The highest BCUT2D eigenvalue weighted by molar-refractivity contribution is 5.85. The van der Waals surface area contributed by atoms with E-state index in [0.29, 0.717) is 5.56 Å². The lowest BCUT2D eigenvalue weighted by molar-refractivity contribution is -0.131. The number of rotatable bonds is 3. The molecule has 0 saturated heterocycles. The van der Waals surface area contributed by atoms with Crippen molar-refractivity contribution in [2.75, 3.05) is 0 Å². The van der Waals surface area contributed by atoms with E-state index < -0.39 is 11.8 Å². The van der Waals surface area contributed by atoms with Crippen LogP contribution in [0.5, 0.6) is 0 Å². The zero-order valence-electron chi connectivity index (χ0n) is 9.51. The second-order valence-corrected chi connectivity index (χ2v) is 3.75. The van der Waals surface area contributed by atoms with Crippen LogP contribution in [0.4, 0.5) is 4.39 Å². The summed E-state index contributed by atoms with van der Waals surface area (Å²) >= 11 is 0. The molecule has 90 valence electrons. The van der Waals surface area contributed by atoms with E-state index in [1.54, 1.807) is 18.2 Å². The Morgan fingerprint density at radius 3 is 2.44 bits per heavy atom. The third-order valence-electron chi connectivity index (χ3n) is 2.52. The predicted octanol–water partition coefficient (Wildman–Crippen LogP) is 3.59. The SMILES string of the molecule is O=C(O)C=Cc1cccc(-c2ccccc2)c1F. The van der Waals surface area contributed by atoms with E-state index in [-0.39, 0.29) is 5.56 Å². The van der Waals surface area contributed by atoms with Gasteiger partial charge in [-0.2, -0.15) is 0 Å². The molecule has 0 aromatic heterocycles. The van der Waals surface area contributed by atoms with E-state index in [1.807, 2.05) is 30.3 Å². The van der Waals surface area contributed by atoms with Gasteiger partial charge in [0.15, 0.2) is 0 Å². The molecule has 0 radical (unpaired) electrons. The summed E-state index contributed by atoms with van der Waals surface area (Å²) in [5.74, 6) is -1.51. The molecule has 2 aromatic carbocycles. The van der Waals surface area contributed by atoms with Gasteiger partial charge >= 0.3 is 5.97 Å². The smallest absolute Gasteiger partial charge is 0.328 e. The summed E-state index contributed by atoms with van der Waals surface area (Å²) in [4.78, 5) is 10.4. The molecular formula is C15H11FO2. The fourth-order valence-corrected chi connectivity index (χ4v) is 1.68. The van der Waals surface area contributed by atoms with E-state index in [4.69, 9.17) is 5.11 Å². The zero-order valence-corrected chi connectivity index (χ0v) is 9.51. The first kappa shape index (κ1) is 12.0. The van der Waals surface area contributed by atoms with Crippen LogP contribution in [-0.4, -0.2) is 11.1 Å². The van der Waals surface area contributed by atoms with Crippen molar-refractivity contribution in [3.05, 3.63) is 66.0 Å². The maximum Gasteiger partial charge on any atom is 0.328 e. The molecule has 0 aliphatic carbocycles. The average Bonchev–Trinajstić information content (AvgIpc) is 2.38. The molecule has 0 saturated carbocycles. The normalized spacial score (nSPS) is 10.7. The van der Waals surface area contributed by atoms with Crippen LogP contribution in [0, 0.1) is 5.82 Å². The lowest BCUT2D eigenvalue weighted by atomic mass is 10.0. The van der Waals surface area contributed by atoms with Gasteiger partial charge in [0.05, 0.1) is 0 Å². The summed E-state index contributed by atoms with van der Waals surface area (Å²) < 4.78 is 14.2. The van der Waals surface area contributed by atoms with Gasteiger partial charge in [0.25, 0.3) is 0 Å². The second kappa shape index (κ2) is 5.27. The Morgan fingerprint density at radius 1 is 1.06 bits per heavy atom. The lowest BCUT2D eigenvalue weighted by Gasteiger charge is -2.05. The third kappa shape index (κ3) is 2.63. The van der Waals surface area contributed by atoms with Gasteiger partial charge in [-0.05, 0) is 11.6 Å². The summed E-state index contributed by atoms with van der Waals surface area (Å²) in [6.45, 7) is 0. The Morgan fingerprint density at radius 2 is 1.78 bits per heavy atom. The molecule has 18 heavy (non-hydrogen) atoms. The minimum Gasteiger partial charge on any atom is -0.478 e. The molecule has 0 spiro atoms. The van der Waals surface area contributed by atoms with Crippen LogP contribution < -0.4 is 0 Å². The number of hydrogen-bond donors (Lipinski definition) is 1. The molecular weight excluding hydrogens is 231 g/mol. The summed E-state index contributed by atoms with van der Waals surface area (Å²) in [7, 11) is 0. The maximum atomic E-state index is 14.2. The molecule has 0 unspecified atom stereocenters. The van der Waals surface area contributed by atoms with Crippen molar-refractivity contribution in [3.63, 3.8) is 0 Å². The quantitative estimate of drug-likeness (QED) is 0.835. The second-order valence-electron chi connectivity index (χ2n) is 3.75. The van der Waals surface area contributed by atoms with Crippen LogP contribution in [0.3, 0.4) is 0 Å². The Balaban J connectivity index is 2.46. The van der Waals surface area contributed by atoms with Crippen LogP contribution in [0.1, 0.15) is 5.56 Å². The van der Waals surface area contributed by atoms with Gasteiger partial charge < -0.3 is 5.11 Å². The van der Waals surface area contributed by atoms with Crippen LogP contribution in [0.15, 0.2) is 54.6 Å². The molecule has 0 amide bonds. The average molecular weight is 242 g/mol. The number of halogens is 1. The van der Waals surface area contributed by atoms with Gasteiger partial charge in [0.1, 0.15) is 5.82 Å². The fraction of sp³-hybridized carbons (Fsp3) is 0. The van der Waals surface area contributed by atoms with Gasteiger partial charge in [-0.15, -0.1) is 0 Å². The molecule has 0 aliphatic rings. The van der Waals surface area contributed by atoms with Crippen molar-refractivity contribution in [2.45, 2.75) is 0 Å². The molecule has 2 aromatic rings. The molecule has 0 fully saturated rings. The van der Waals surface area contributed by atoms with Crippen molar-refractivity contribution >= 4 is 12.0 Å². The molecule has 2 rings (SSSR count). The Kier molecular flexibility index (Phi) is 3.53. The first-order valence-corrected chi connectivity index (χ1v) is 5.43. The van der Waals surface area contributed by atoms with Crippen molar-refractivity contribution < 1.29 is 14.3 Å². The summed E-state index contributed by atoms with van der Waals surface area (Å²) in [5.41, 5.74) is 1.49. The summed E-state index contributed by atoms with van der Waals surface area (Å²) in [6.07, 6.45) is 2.18. The van der Waals surface area contributed by atoms with Crippen molar-refractivity contribution in [3.8, 4) is 11.1 Å². The number of carbonyl (C=O) groups is 1. The highest BCUT2D eigenvalue weighted by Gasteiger charge is 2.07. The lowest BCUT2D eigenvalue weighted by Crippen LogP contribution is -1.90. The minimum atomic E-state index is -1.10. The van der Waals surface area contributed by atoms with E-state index in [9.17, 15) is 9.18 Å². The largest absolute Gasteiger partial charge is 0.478 e. The Bertz CT molecular complexity index is 589. The van der Waals surface area contributed by atoms with Gasteiger partial charge in [-0.1, -0.05) is 48.5 Å². The summed E-state index contributed by atoms with van der Waals surface area (Å²) in [5, 5.41) is 8.54. The van der Waals surface area contributed by atoms with E-state index in [2.05, 4.69) is 0 Å². The van der Waals surface area contributed by atoms with E-state index in [1.165, 1.54) is 6.08 Å². The van der Waals surface area contributed by atoms with E-state index in [0.717, 1.165) is 11.6 Å². The number of carboxylic acids is 1. The first-order valence-electron chi connectivity index (χ1n) is 5.43. The third-order valence-corrected chi connectivity index (χ3v) is 2.52. The minimum absolute atomic E-state index is 0.263. The number of carboxylic acid groups (broad SMARTS) is 1. The molecule has 3 heteroatoms. The molecule has 0 bridgehead atoms. The maximum absolute atomic E-state index is 14.2. The molecule has 1 N–H and O–H groups in total. The van der Waals surface area contributed by atoms with Crippen LogP contribution in [0.25, 0.3) is 17.2 Å². The molecule has 0 aliphatic heterocycles. The molecule has 0 atom stereocenters. The highest BCUT2D eigenvalue weighted by atomic mass is 19.1. The topological polar surface area (TPSA) is 37.3 Å². The van der Waals surface area contributed by atoms with E-state index >= 15 is 0 Å². The van der Waals surface area contributed by atoms with Gasteiger partial charge in [-0.25, -0.2) is 9.18 Å². The fourth-order valence-electron chi connectivity index (χ4n) is 1.68. The number of benzene rings is 2. The van der Waals surface area contributed by atoms with Crippen LogP contribution in [-0.2, 0) is 4.79 Å². The zero-order chi connectivity index (χ0) is 13.0. The van der Waals surface area contributed by atoms with Gasteiger partial charge in [-0.3, -0.25) is 0 Å². The van der Waals surface area contributed by atoms with Crippen LogP contribution in [0.2, 0.25) is 0 Å². The van der Waals surface area contributed by atoms with Crippen molar-refractivity contribution in [1.29, 1.82) is 0 Å². The van der Waals surface area contributed by atoms with Gasteiger partial charge in [0.2, 0.25) is 0 Å². The van der Waals surface area contributed by atoms with Crippen molar-refractivity contribution in [2.24, 2.45) is 0 Å². The number of hydrogen-bond acceptors (Lipinski definition) is 1.